The number of fused-ring (bicyclic) bond motifs is 1. The van der Waals surface area contributed by atoms with Crippen LogP contribution in [0.5, 0.6) is 0 Å². The van der Waals surface area contributed by atoms with Crippen molar-refractivity contribution in [3.05, 3.63) is 35.0 Å². The lowest BCUT2D eigenvalue weighted by molar-refractivity contribution is -0.129. The summed E-state index contributed by atoms with van der Waals surface area (Å²) in [7, 11) is 0. The van der Waals surface area contributed by atoms with Crippen LogP contribution in [0.15, 0.2) is 24.4 Å². The molecule has 0 saturated carbocycles. The van der Waals surface area contributed by atoms with Crippen molar-refractivity contribution in [1.29, 1.82) is 0 Å². The molecule has 2 aromatic rings. The van der Waals surface area contributed by atoms with E-state index in [9.17, 15) is 9.59 Å². The monoisotopic (exact) mass is 375 g/mol. The summed E-state index contributed by atoms with van der Waals surface area (Å²) < 4.78 is 0. The predicted octanol–water partition coefficient (Wildman–Crippen LogP) is 3.37. The van der Waals surface area contributed by atoms with Crippen molar-refractivity contribution in [3.8, 4) is 0 Å². The topological polar surface area (TPSA) is 65.2 Å². The summed E-state index contributed by atoms with van der Waals surface area (Å²) in [4.78, 5) is 29.6. The lowest BCUT2D eigenvalue weighted by Gasteiger charge is -2.16. The molecule has 1 saturated heterocycles. The Morgan fingerprint density at radius 2 is 2.23 bits per heavy atom. The first-order chi connectivity index (χ1) is 12.4. The van der Waals surface area contributed by atoms with Gasteiger partial charge in [0.15, 0.2) is 0 Å². The van der Waals surface area contributed by atoms with Crippen LogP contribution in [-0.2, 0) is 16.0 Å². The third kappa shape index (κ3) is 4.39. The molecule has 2 N–H and O–H groups in total. The average molecular weight is 376 g/mol. The highest BCUT2D eigenvalue weighted by Gasteiger charge is 2.33. The van der Waals surface area contributed by atoms with Crippen LogP contribution in [0.3, 0.4) is 0 Å². The van der Waals surface area contributed by atoms with E-state index in [0.29, 0.717) is 37.0 Å². The van der Waals surface area contributed by atoms with Gasteiger partial charge in [0.1, 0.15) is 0 Å². The molecule has 1 fully saturated rings. The number of aromatic amines is 1. The molecule has 2 amide bonds. The third-order valence-corrected chi connectivity index (χ3v) is 5.22. The van der Waals surface area contributed by atoms with E-state index in [4.69, 9.17) is 11.6 Å². The highest BCUT2D eigenvalue weighted by Crippen LogP contribution is 2.24. The number of carbonyl (C=O) groups excluding carboxylic acids is 2. The molecule has 3 rings (SSSR count). The van der Waals surface area contributed by atoms with E-state index in [2.05, 4.69) is 24.1 Å². The van der Waals surface area contributed by atoms with Gasteiger partial charge in [-0.3, -0.25) is 9.59 Å². The molecule has 1 aromatic heterocycles. The number of likely N-dealkylation sites (tertiary alicyclic amines) is 1. The maximum absolute atomic E-state index is 12.3. The Kier molecular flexibility index (Phi) is 5.87. The Morgan fingerprint density at radius 3 is 3.00 bits per heavy atom. The highest BCUT2D eigenvalue weighted by molar-refractivity contribution is 6.31. The van der Waals surface area contributed by atoms with E-state index in [1.54, 1.807) is 4.90 Å². The Bertz CT molecular complexity index is 799. The van der Waals surface area contributed by atoms with Gasteiger partial charge in [-0.2, -0.15) is 0 Å². The molecule has 5 nitrogen and oxygen atoms in total. The summed E-state index contributed by atoms with van der Waals surface area (Å²) in [5.41, 5.74) is 2.18. The minimum Gasteiger partial charge on any atom is -0.361 e. The fourth-order valence-corrected chi connectivity index (χ4v) is 3.58. The van der Waals surface area contributed by atoms with E-state index in [1.807, 2.05) is 24.4 Å². The molecule has 1 unspecified atom stereocenters. The number of nitrogens with zero attached hydrogens (tertiary/aromatic N) is 1. The lowest BCUT2D eigenvalue weighted by Crippen LogP contribution is -2.34. The molecule has 26 heavy (non-hydrogen) atoms. The minimum atomic E-state index is -0.230. The van der Waals surface area contributed by atoms with E-state index in [1.165, 1.54) is 0 Å². The van der Waals surface area contributed by atoms with Gasteiger partial charge in [0, 0.05) is 48.2 Å². The summed E-state index contributed by atoms with van der Waals surface area (Å²) in [5, 5.41) is 4.75. The van der Waals surface area contributed by atoms with Crippen LogP contribution in [0.4, 0.5) is 0 Å². The Balaban J connectivity index is 1.54. The molecule has 1 atom stereocenters. The fourth-order valence-electron chi connectivity index (χ4n) is 3.41. The molecule has 0 aliphatic carbocycles. The van der Waals surface area contributed by atoms with Gasteiger partial charge in [0.05, 0.1) is 5.92 Å². The molecule has 1 aliphatic rings. The fraction of sp³-hybridized carbons (Fsp3) is 0.500. The van der Waals surface area contributed by atoms with Crippen molar-refractivity contribution in [1.82, 2.24) is 15.2 Å². The van der Waals surface area contributed by atoms with E-state index in [-0.39, 0.29) is 17.7 Å². The van der Waals surface area contributed by atoms with Crippen LogP contribution < -0.4 is 5.32 Å². The summed E-state index contributed by atoms with van der Waals surface area (Å²) in [6, 6.07) is 5.76. The molecular formula is C20H26ClN3O2. The molecule has 0 spiro atoms. The van der Waals surface area contributed by atoms with Crippen LogP contribution >= 0.6 is 11.6 Å². The summed E-state index contributed by atoms with van der Waals surface area (Å²) in [5.74, 6) is 0.390. The Morgan fingerprint density at radius 1 is 1.42 bits per heavy atom. The molecular weight excluding hydrogens is 350 g/mol. The number of amides is 2. The number of hydrogen-bond acceptors (Lipinski definition) is 2. The second-order valence-electron chi connectivity index (χ2n) is 7.47. The van der Waals surface area contributed by atoms with Gasteiger partial charge in [-0.25, -0.2) is 0 Å². The van der Waals surface area contributed by atoms with Crippen LogP contribution in [0.25, 0.3) is 10.9 Å². The third-order valence-electron chi connectivity index (χ3n) is 4.99. The molecule has 1 aromatic carbocycles. The maximum Gasteiger partial charge on any atom is 0.225 e. The zero-order valence-corrected chi connectivity index (χ0v) is 16.1. The molecule has 0 bridgehead atoms. The number of aromatic nitrogens is 1. The van der Waals surface area contributed by atoms with Crippen molar-refractivity contribution in [2.75, 3.05) is 19.6 Å². The van der Waals surface area contributed by atoms with E-state index >= 15 is 0 Å². The van der Waals surface area contributed by atoms with Crippen LogP contribution in [0.1, 0.15) is 32.3 Å². The molecule has 1 aliphatic heterocycles. The molecule has 2 heterocycles. The summed E-state index contributed by atoms with van der Waals surface area (Å²) in [6.07, 6.45) is 3.98. The minimum absolute atomic E-state index is 0.000348. The normalized spacial score (nSPS) is 17.5. The Hall–Kier alpha value is -2.01. The molecule has 140 valence electrons. The van der Waals surface area contributed by atoms with Gasteiger partial charge >= 0.3 is 0 Å². The standard InChI is InChI=1S/C20H26ClN3O2/c1-13(2)5-7-22-20(26)15-9-19(25)24(12-15)8-6-14-11-23-18-4-3-16(21)10-17(14)18/h3-4,10-11,13,15,23H,5-9,12H2,1-2H3,(H,22,26). The number of hydrogen-bond donors (Lipinski definition) is 2. The van der Waals surface area contributed by atoms with E-state index in [0.717, 1.165) is 29.3 Å². The van der Waals surface area contributed by atoms with Crippen molar-refractivity contribution in [2.45, 2.75) is 33.1 Å². The summed E-state index contributed by atoms with van der Waals surface area (Å²) in [6.45, 7) is 6.07. The number of benzene rings is 1. The van der Waals surface area contributed by atoms with Crippen molar-refractivity contribution < 1.29 is 9.59 Å². The van der Waals surface area contributed by atoms with E-state index < -0.39 is 0 Å². The maximum atomic E-state index is 12.3. The largest absolute Gasteiger partial charge is 0.361 e. The quantitative estimate of drug-likeness (QED) is 0.779. The van der Waals surface area contributed by atoms with Crippen molar-refractivity contribution >= 4 is 34.3 Å². The molecule has 6 heteroatoms. The first kappa shape index (κ1) is 18.8. The van der Waals surface area contributed by atoms with Crippen LogP contribution in [0, 0.1) is 11.8 Å². The van der Waals surface area contributed by atoms with Crippen molar-refractivity contribution in [2.24, 2.45) is 11.8 Å². The average Bonchev–Trinajstić information content (AvgIpc) is 3.15. The zero-order chi connectivity index (χ0) is 18.7. The van der Waals surface area contributed by atoms with Gasteiger partial charge in [0.25, 0.3) is 0 Å². The molecule has 0 radical (unpaired) electrons. The van der Waals surface area contributed by atoms with Crippen LogP contribution in [0.2, 0.25) is 5.02 Å². The number of rotatable bonds is 7. The number of H-pyrrole nitrogens is 1. The van der Waals surface area contributed by atoms with Gasteiger partial charge < -0.3 is 15.2 Å². The lowest BCUT2D eigenvalue weighted by atomic mass is 10.1. The predicted molar refractivity (Wildman–Crippen MR) is 104 cm³/mol. The first-order valence-electron chi connectivity index (χ1n) is 9.25. The van der Waals surface area contributed by atoms with Crippen molar-refractivity contribution in [3.63, 3.8) is 0 Å². The van der Waals surface area contributed by atoms with Gasteiger partial charge in [0.2, 0.25) is 11.8 Å². The smallest absolute Gasteiger partial charge is 0.225 e. The van der Waals surface area contributed by atoms with Gasteiger partial charge in [-0.1, -0.05) is 25.4 Å². The second-order valence-corrected chi connectivity index (χ2v) is 7.90. The first-order valence-corrected chi connectivity index (χ1v) is 9.63. The highest BCUT2D eigenvalue weighted by atomic mass is 35.5. The number of nitrogens with one attached hydrogen (secondary N) is 2. The van der Waals surface area contributed by atoms with Gasteiger partial charge in [-0.05, 0) is 42.5 Å². The zero-order valence-electron chi connectivity index (χ0n) is 15.3. The van der Waals surface area contributed by atoms with Crippen LogP contribution in [-0.4, -0.2) is 41.3 Å². The number of carbonyl (C=O) groups is 2. The SMILES string of the molecule is CC(C)CCNC(=O)C1CC(=O)N(CCc2c[nH]c3ccc(Cl)cc23)C1. The summed E-state index contributed by atoms with van der Waals surface area (Å²) >= 11 is 6.09. The number of halogens is 1. The van der Waals surface area contributed by atoms with Gasteiger partial charge in [-0.15, -0.1) is 0 Å². The Labute approximate surface area is 159 Å². The second kappa shape index (κ2) is 8.12.